The summed E-state index contributed by atoms with van der Waals surface area (Å²) in [5.41, 5.74) is 0.678. The topological polar surface area (TPSA) is 60.5 Å². The number of anilines is 1. The van der Waals surface area contributed by atoms with Gasteiger partial charge in [-0.15, -0.1) is 0 Å². The van der Waals surface area contributed by atoms with Gasteiger partial charge in [-0.2, -0.15) is 0 Å². The third kappa shape index (κ3) is 2.15. The van der Waals surface area contributed by atoms with Crippen molar-refractivity contribution in [2.45, 2.75) is 0 Å². The zero-order valence-corrected chi connectivity index (χ0v) is 11.9. The zero-order valence-electron chi connectivity index (χ0n) is 11.1. The molecule has 0 bridgehead atoms. The van der Waals surface area contributed by atoms with Crippen molar-refractivity contribution >= 4 is 32.6 Å². The van der Waals surface area contributed by atoms with Crippen molar-refractivity contribution in [1.29, 1.82) is 0 Å². The summed E-state index contributed by atoms with van der Waals surface area (Å²) < 4.78 is 24.7. The number of amides is 1. The number of rotatable bonds is 2. The summed E-state index contributed by atoms with van der Waals surface area (Å²) in [4.78, 5) is 16.3. The van der Waals surface area contributed by atoms with Gasteiger partial charge in [0.15, 0.2) is 16.6 Å². The summed E-state index contributed by atoms with van der Waals surface area (Å²) in [6.07, 6.45) is 0. The first-order chi connectivity index (χ1) is 10.7. The Balaban J connectivity index is 1.61. The van der Waals surface area contributed by atoms with Gasteiger partial charge < -0.3 is 9.47 Å². The largest absolute Gasteiger partial charge is 0.454 e. The van der Waals surface area contributed by atoms with Crippen molar-refractivity contribution in [3.63, 3.8) is 0 Å². The van der Waals surface area contributed by atoms with Gasteiger partial charge in [-0.1, -0.05) is 17.4 Å². The Hall–Kier alpha value is -2.67. The van der Waals surface area contributed by atoms with Crippen LogP contribution in [0.3, 0.4) is 0 Å². The summed E-state index contributed by atoms with van der Waals surface area (Å²) in [7, 11) is 0. The number of nitrogens with one attached hydrogen (secondary N) is 1. The van der Waals surface area contributed by atoms with Crippen molar-refractivity contribution in [3.05, 3.63) is 47.8 Å². The molecule has 0 unspecified atom stereocenters. The van der Waals surface area contributed by atoms with E-state index < -0.39 is 5.82 Å². The fraction of sp³-hybridized carbons (Fsp3) is 0.0667. The molecule has 4 rings (SSSR count). The first kappa shape index (κ1) is 13.0. The number of benzene rings is 2. The Morgan fingerprint density at radius 2 is 2.09 bits per heavy atom. The lowest BCUT2D eigenvalue weighted by Gasteiger charge is -2.02. The van der Waals surface area contributed by atoms with Crippen molar-refractivity contribution in [3.8, 4) is 11.5 Å². The van der Waals surface area contributed by atoms with Gasteiger partial charge in [0, 0.05) is 5.56 Å². The summed E-state index contributed by atoms with van der Waals surface area (Å²) in [5.74, 6) is 0.400. The van der Waals surface area contributed by atoms with Crippen molar-refractivity contribution < 1.29 is 18.7 Å². The summed E-state index contributed by atoms with van der Waals surface area (Å²) in [5, 5.41) is 3.02. The van der Waals surface area contributed by atoms with E-state index in [2.05, 4.69) is 10.3 Å². The number of hydrogen-bond donors (Lipinski definition) is 1. The molecule has 0 spiro atoms. The maximum atomic E-state index is 13.6. The number of halogens is 1. The first-order valence-corrected chi connectivity index (χ1v) is 7.28. The van der Waals surface area contributed by atoms with Gasteiger partial charge in [0.2, 0.25) is 6.79 Å². The zero-order chi connectivity index (χ0) is 15.1. The van der Waals surface area contributed by atoms with Gasteiger partial charge >= 0.3 is 0 Å². The average molecular weight is 316 g/mol. The molecule has 0 atom stereocenters. The Labute approximate surface area is 128 Å². The molecule has 2 aromatic carbocycles. The van der Waals surface area contributed by atoms with Crippen LogP contribution in [0.4, 0.5) is 9.52 Å². The van der Waals surface area contributed by atoms with Crippen LogP contribution in [0.15, 0.2) is 36.4 Å². The quantitative estimate of drug-likeness (QED) is 0.787. The molecule has 7 heteroatoms. The van der Waals surface area contributed by atoms with Crippen molar-refractivity contribution in [2.75, 3.05) is 12.1 Å². The second-order valence-electron chi connectivity index (χ2n) is 4.63. The van der Waals surface area contributed by atoms with Gasteiger partial charge in [-0.3, -0.25) is 10.1 Å². The van der Waals surface area contributed by atoms with Gasteiger partial charge in [0.05, 0.1) is 4.70 Å². The van der Waals surface area contributed by atoms with Crippen LogP contribution in [0.1, 0.15) is 10.4 Å². The molecule has 0 saturated heterocycles. The number of thiazole rings is 1. The van der Waals surface area contributed by atoms with Crippen molar-refractivity contribution in [1.82, 2.24) is 4.98 Å². The van der Waals surface area contributed by atoms with Crippen LogP contribution in [-0.4, -0.2) is 17.7 Å². The number of nitrogens with zero attached hydrogens (tertiary/aromatic N) is 1. The highest BCUT2D eigenvalue weighted by Gasteiger charge is 2.17. The number of carbonyl (C=O) groups excluding carboxylic acids is 1. The van der Waals surface area contributed by atoms with E-state index in [-0.39, 0.29) is 18.2 Å². The van der Waals surface area contributed by atoms with E-state index >= 15 is 0 Å². The highest BCUT2D eigenvalue weighted by Crippen LogP contribution is 2.33. The molecule has 110 valence electrons. The van der Waals surface area contributed by atoms with Crippen LogP contribution >= 0.6 is 11.3 Å². The maximum absolute atomic E-state index is 13.6. The number of ether oxygens (including phenoxy) is 2. The smallest absolute Gasteiger partial charge is 0.257 e. The number of para-hydroxylation sites is 1. The molecule has 2 heterocycles. The Bertz CT molecular complexity index is 894. The van der Waals surface area contributed by atoms with Gasteiger partial charge in [0.25, 0.3) is 5.91 Å². The molecular weight excluding hydrogens is 307 g/mol. The molecule has 5 nitrogen and oxygen atoms in total. The Morgan fingerprint density at radius 3 is 2.95 bits per heavy atom. The molecule has 1 aliphatic heterocycles. The molecule has 0 fully saturated rings. The van der Waals surface area contributed by atoms with E-state index in [0.29, 0.717) is 26.9 Å². The highest BCUT2D eigenvalue weighted by molar-refractivity contribution is 7.22. The molecule has 1 aromatic heterocycles. The van der Waals surface area contributed by atoms with Crippen LogP contribution in [0, 0.1) is 5.82 Å². The van der Waals surface area contributed by atoms with Gasteiger partial charge in [-0.25, -0.2) is 9.37 Å². The van der Waals surface area contributed by atoms with Crippen molar-refractivity contribution in [2.24, 2.45) is 0 Å². The normalized spacial score (nSPS) is 12.6. The summed E-state index contributed by atoms with van der Waals surface area (Å²) in [6.45, 7) is 0.150. The molecular formula is C15H9FN2O3S. The van der Waals surface area contributed by atoms with E-state index in [1.54, 1.807) is 30.3 Å². The fourth-order valence-electron chi connectivity index (χ4n) is 2.18. The number of fused-ring (bicyclic) bond motifs is 2. The van der Waals surface area contributed by atoms with Crippen LogP contribution < -0.4 is 14.8 Å². The van der Waals surface area contributed by atoms with E-state index in [1.165, 1.54) is 17.4 Å². The van der Waals surface area contributed by atoms with Gasteiger partial charge in [0.1, 0.15) is 11.3 Å². The molecule has 1 aliphatic rings. The minimum absolute atomic E-state index is 0.150. The SMILES string of the molecule is O=C(Nc1nc2c(F)cccc2s1)c1ccc2c(c1)OCO2. The van der Waals surface area contributed by atoms with Gasteiger partial charge in [-0.05, 0) is 30.3 Å². The standard InChI is InChI=1S/C15H9FN2O3S/c16-9-2-1-3-12-13(9)17-15(22-12)18-14(19)8-4-5-10-11(6-8)21-7-20-10/h1-6H,7H2,(H,17,18,19). The van der Waals surface area contributed by atoms with E-state index in [1.807, 2.05) is 0 Å². The first-order valence-electron chi connectivity index (χ1n) is 6.47. The maximum Gasteiger partial charge on any atom is 0.257 e. The molecule has 3 aromatic rings. The number of aromatic nitrogens is 1. The molecule has 0 aliphatic carbocycles. The lowest BCUT2D eigenvalue weighted by molar-refractivity contribution is 0.102. The minimum atomic E-state index is -0.405. The molecule has 22 heavy (non-hydrogen) atoms. The summed E-state index contributed by atoms with van der Waals surface area (Å²) >= 11 is 1.22. The summed E-state index contributed by atoms with van der Waals surface area (Å²) in [6, 6.07) is 9.62. The van der Waals surface area contributed by atoms with Crippen LogP contribution in [0.2, 0.25) is 0 Å². The number of carbonyl (C=O) groups is 1. The lowest BCUT2D eigenvalue weighted by Crippen LogP contribution is -2.11. The third-order valence-electron chi connectivity index (χ3n) is 3.22. The second-order valence-corrected chi connectivity index (χ2v) is 5.66. The van der Waals surface area contributed by atoms with Crippen LogP contribution in [0.5, 0.6) is 11.5 Å². The monoisotopic (exact) mass is 316 g/mol. The average Bonchev–Trinajstić information content (AvgIpc) is 3.13. The van der Waals surface area contributed by atoms with Crippen LogP contribution in [-0.2, 0) is 0 Å². The molecule has 1 amide bonds. The predicted molar refractivity (Wildman–Crippen MR) is 80.1 cm³/mol. The van der Waals surface area contributed by atoms with Crippen LogP contribution in [0.25, 0.3) is 10.2 Å². The minimum Gasteiger partial charge on any atom is -0.454 e. The fourth-order valence-corrected chi connectivity index (χ4v) is 3.05. The lowest BCUT2D eigenvalue weighted by atomic mass is 10.2. The molecule has 0 saturated carbocycles. The predicted octanol–water partition coefficient (Wildman–Crippen LogP) is 3.42. The molecule has 1 N–H and O–H groups in total. The second kappa shape index (κ2) is 4.96. The number of hydrogen-bond acceptors (Lipinski definition) is 5. The Morgan fingerprint density at radius 1 is 1.23 bits per heavy atom. The third-order valence-corrected chi connectivity index (χ3v) is 4.16. The van der Waals surface area contributed by atoms with E-state index in [9.17, 15) is 9.18 Å². The van der Waals surface area contributed by atoms with E-state index in [4.69, 9.17) is 9.47 Å². The highest BCUT2D eigenvalue weighted by atomic mass is 32.1. The Kier molecular flexibility index (Phi) is 2.93. The molecule has 0 radical (unpaired) electrons. The van der Waals surface area contributed by atoms with E-state index in [0.717, 1.165) is 0 Å².